The minimum Gasteiger partial charge on any atom is -0.444 e. The van der Waals surface area contributed by atoms with Gasteiger partial charge in [-0.3, -0.25) is 0 Å². The Morgan fingerprint density at radius 3 is 2.09 bits per heavy atom. The second-order valence-corrected chi connectivity index (χ2v) is 8.72. The highest BCUT2D eigenvalue weighted by atomic mass is 16.6. The van der Waals surface area contributed by atoms with Gasteiger partial charge in [-0.15, -0.1) is 0 Å². The summed E-state index contributed by atoms with van der Waals surface area (Å²) in [5.74, 6) is 2.85. The zero-order chi connectivity index (χ0) is 17.6. The van der Waals surface area contributed by atoms with Crippen LogP contribution in [0, 0.1) is 23.7 Å². The molecular weight excluding hydrogens is 288 g/mol. The van der Waals surface area contributed by atoms with Crippen molar-refractivity contribution >= 4 is 6.09 Å². The topological polar surface area (TPSA) is 41.6 Å². The highest BCUT2D eigenvalue weighted by Crippen LogP contribution is 2.21. The predicted molar refractivity (Wildman–Crippen MR) is 96.6 cm³/mol. The molecule has 0 radical (unpaired) electrons. The van der Waals surface area contributed by atoms with Crippen molar-refractivity contribution in [1.29, 1.82) is 0 Å². The second kappa shape index (κ2) is 8.91. The van der Waals surface area contributed by atoms with Crippen LogP contribution in [0.2, 0.25) is 0 Å². The standard InChI is InChI=1S/C19H38N2O2/c1-14(2)17(15(3)4)13-20-12-16-8-10-21(11-9-16)18(22)23-19(5,6)7/h14-17,20H,8-13H2,1-7H3. The first kappa shape index (κ1) is 20.3. The number of nitrogens with one attached hydrogen (secondary N) is 1. The predicted octanol–water partition coefficient (Wildman–Crippen LogP) is 4.15. The quantitative estimate of drug-likeness (QED) is 0.797. The van der Waals surface area contributed by atoms with E-state index >= 15 is 0 Å². The number of hydrogen-bond donors (Lipinski definition) is 1. The molecule has 23 heavy (non-hydrogen) atoms. The largest absolute Gasteiger partial charge is 0.444 e. The fourth-order valence-electron chi connectivity index (χ4n) is 3.34. The summed E-state index contributed by atoms with van der Waals surface area (Å²) in [5, 5.41) is 3.67. The number of amides is 1. The van der Waals surface area contributed by atoms with E-state index in [9.17, 15) is 4.79 Å². The fourth-order valence-corrected chi connectivity index (χ4v) is 3.34. The Labute approximate surface area is 143 Å². The van der Waals surface area contributed by atoms with Crippen LogP contribution in [0.1, 0.15) is 61.3 Å². The minimum absolute atomic E-state index is 0.163. The third-order valence-electron chi connectivity index (χ3n) is 4.79. The normalized spacial score (nSPS) is 17.4. The van der Waals surface area contributed by atoms with E-state index in [0.29, 0.717) is 5.92 Å². The number of carbonyl (C=O) groups is 1. The van der Waals surface area contributed by atoms with Gasteiger partial charge in [-0.05, 0) is 70.4 Å². The Balaban J connectivity index is 2.28. The summed E-state index contributed by atoms with van der Waals surface area (Å²) in [4.78, 5) is 13.9. The van der Waals surface area contributed by atoms with Crippen LogP contribution < -0.4 is 5.32 Å². The van der Waals surface area contributed by atoms with E-state index in [2.05, 4.69) is 33.0 Å². The van der Waals surface area contributed by atoms with E-state index in [1.54, 1.807) is 0 Å². The smallest absolute Gasteiger partial charge is 0.410 e. The maximum absolute atomic E-state index is 12.1. The van der Waals surface area contributed by atoms with Crippen LogP contribution in [0.4, 0.5) is 4.79 Å². The van der Waals surface area contributed by atoms with Crippen LogP contribution in [0.15, 0.2) is 0 Å². The summed E-state index contributed by atoms with van der Waals surface area (Å²) in [5.41, 5.74) is -0.405. The summed E-state index contributed by atoms with van der Waals surface area (Å²) in [6.07, 6.45) is 1.98. The van der Waals surface area contributed by atoms with Crippen LogP contribution >= 0.6 is 0 Å². The zero-order valence-corrected chi connectivity index (χ0v) is 16.3. The SMILES string of the molecule is CC(C)C(CNCC1CCN(C(=O)OC(C)(C)C)CC1)C(C)C. The Morgan fingerprint density at radius 2 is 1.65 bits per heavy atom. The molecule has 0 saturated carbocycles. The third-order valence-corrected chi connectivity index (χ3v) is 4.79. The first-order valence-corrected chi connectivity index (χ1v) is 9.28. The molecule has 1 fully saturated rings. The molecule has 0 unspecified atom stereocenters. The molecule has 1 heterocycles. The Hall–Kier alpha value is -0.770. The molecule has 136 valence electrons. The van der Waals surface area contributed by atoms with Crippen LogP contribution in [0.3, 0.4) is 0 Å². The minimum atomic E-state index is -0.405. The lowest BCUT2D eigenvalue weighted by Gasteiger charge is -2.34. The van der Waals surface area contributed by atoms with Crippen molar-refractivity contribution in [2.45, 2.75) is 66.9 Å². The molecule has 0 spiro atoms. The van der Waals surface area contributed by atoms with E-state index in [0.717, 1.165) is 56.8 Å². The molecule has 0 aromatic rings. The van der Waals surface area contributed by atoms with Crippen LogP contribution in [0.5, 0.6) is 0 Å². The van der Waals surface area contributed by atoms with Crippen LogP contribution in [-0.2, 0) is 4.74 Å². The van der Waals surface area contributed by atoms with Gasteiger partial charge in [0.05, 0.1) is 0 Å². The number of likely N-dealkylation sites (tertiary alicyclic amines) is 1. The van der Waals surface area contributed by atoms with Gasteiger partial charge in [0.25, 0.3) is 0 Å². The molecule has 1 aliphatic rings. The molecule has 1 N–H and O–H groups in total. The molecule has 0 bridgehead atoms. The Kier molecular flexibility index (Phi) is 7.85. The molecule has 1 saturated heterocycles. The van der Waals surface area contributed by atoms with Crippen molar-refractivity contribution < 1.29 is 9.53 Å². The average molecular weight is 327 g/mol. The third kappa shape index (κ3) is 7.56. The molecule has 1 amide bonds. The van der Waals surface area contributed by atoms with Gasteiger partial charge in [0.2, 0.25) is 0 Å². The van der Waals surface area contributed by atoms with E-state index in [1.807, 2.05) is 25.7 Å². The summed E-state index contributed by atoms with van der Waals surface area (Å²) in [6.45, 7) is 18.8. The van der Waals surface area contributed by atoms with Crippen molar-refractivity contribution in [3.05, 3.63) is 0 Å². The van der Waals surface area contributed by atoms with Gasteiger partial charge in [-0.2, -0.15) is 0 Å². The Bertz CT molecular complexity index is 345. The van der Waals surface area contributed by atoms with Crippen molar-refractivity contribution in [1.82, 2.24) is 10.2 Å². The van der Waals surface area contributed by atoms with Gasteiger partial charge in [-0.25, -0.2) is 4.79 Å². The number of hydrogen-bond acceptors (Lipinski definition) is 3. The zero-order valence-electron chi connectivity index (χ0n) is 16.3. The lowest BCUT2D eigenvalue weighted by atomic mass is 9.85. The van der Waals surface area contributed by atoms with Crippen LogP contribution in [-0.4, -0.2) is 42.8 Å². The number of carbonyl (C=O) groups excluding carboxylic acids is 1. The van der Waals surface area contributed by atoms with Gasteiger partial charge in [0.15, 0.2) is 0 Å². The number of piperidine rings is 1. The van der Waals surface area contributed by atoms with E-state index in [4.69, 9.17) is 4.74 Å². The van der Waals surface area contributed by atoms with Gasteiger partial charge < -0.3 is 15.0 Å². The second-order valence-electron chi connectivity index (χ2n) is 8.72. The van der Waals surface area contributed by atoms with Crippen molar-refractivity contribution in [3.63, 3.8) is 0 Å². The number of rotatable bonds is 6. The first-order valence-electron chi connectivity index (χ1n) is 9.28. The molecule has 0 atom stereocenters. The summed E-state index contributed by atoms with van der Waals surface area (Å²) >= 11 is 0. The van der Waals surface area contributed by atoms with Gasteiger partial charge in [-0.1, -0.05) is 27.7 Å². The van der Waals surface area contributed by atoms with Crippen molar-refractivity contribution in [2.75, 3.05) is 26.2 Å². The highest BCUT2D eigenvalue weighted by Gasteiger charge is 2.27. The maximum atomic E-state index is 12.1. The van der Waals surface area contributed by atoms with E-state index in [1.165, 1.54) is 0 Å². The van der Waals surface area contributed by atoms with Crippen molar-refractivity contribution in [3.8, 4) is 0 Å². The molecule has 1 rings (SSSR count). The monoisotopic (exact) mass is 326 g/mol. The van der Waals surface area contributed by atoms with Gasteiger partial charge in [0, 0.05) is 13.1 Å². The van der Waals surface area contributed by atoms with Gasteiger partial charge >= 0.3 is 6.09 Å². The lowest BCUT2D eigenvalue weighted by Crippen LogP contribution is -2.43. The van der Waals surface area contributed by atoms with Crippen LogP contribution in [0.25, 0.3) is 0 Å². The molecule has 4 nitrogen and oxygen atoms in total. The fraction of sp³-hybridized carbons (Fsp3) is 0.947. The maximum Gasteiger partial charge on any atom is 0.410 e. The summed E-state index contributed by atoms with van der Waals surface area (Å²) in [6, 6.07) is 0. The molecule has 0 aromatic carbocycles. The molecule has 0 aromatic heterocycles. The average Bonchev–Trinajstić information content (AvgIpc) is 2.41. The lowest BCUT2D eigenvalue weighted by molar-refractivity contribution is 0.0183. The van der Waals surface area contributed by atoms with E-state index < -0.39 is 5.60 Å². The Morgan fingerprint density at radius 1 is 1.13 bits per heavy atom. The molecule has 4 heteroatoms. The van der Waals surface area contributed by atoms with E-state index in [-0.39, 0.29) is 6.09 Å². The molecular formula is C19H38N2O2. The molecule has 0 aliphatic carbocycles. The number of ether oxygens (including phenoxy) is 1. The molecule has 1 aliphatic heterocycles. The van der Waals surface area contributed by atoms with Crippen molar-refractivity contribution in [2.24, 2.45) is 23.7 Å². The first-order chi connectivity index (χ1) is 10.6. The van der Waals surface area contributed by atoms with Gasteiger partial charge in [0.1, 0.15) is 5.60 Å². The summed E-state index contributed by atoms with van der Waals surface area (Å²) < 4.78 is 5.45. The highest BCUT2D eigenvalue weighted by molar-refractivity contribution is 5.68. The number of nitrogens with zero attached hydrogens (tertiary/aromatic N) is 1. The summed E-state index contributed by atoms with van der Waals surface area (Å²) in [7, 11) is 0.